The first-order valence-electron chi connectivity index (χ1n) is 8.59. The van der Waals surface area contributed by atoms with Gasteiger partial charge in [0.2, 0.25) is 0 Å². The highest BCUT2D eigenvalue weighted by atomic mass is 32.1. The third kappa shape index (κ3) is 3.72. The summed E-state index contributed by atoms with van der Waals surface area (Å²) >= 11 is 5.66. The van der Waals surface area contributed by atoms with Crippen molar-refractivity contribution in [2.45, 2.75) is 38.6 Å². The predicted molar refractivity (Wildman–Crippen MR) is 97.4 cm³/mol. The molecule has 120 valence electrons. The van der Waals surface area contributed by atoms with Gasteiger partial charge in [0.15, 0.2) is 5.11 Å². The van der Waals surface area contributed by atoms with Crippen LogP contribution in [0.1, 0.15) is 32.6 Å². The second kappa shape index (κ2) is 7.32. The van der Waals surface area contributed by atoms with Crippen LogP contribution in [0.15, 0.2) is 30.3 Å². The molecule has 0 bridgehead atoms. The minimum Gasteiger partial charge on any atom is -0.368 e. The highest BCUT2D eigenvalue weighted by Gasteiger charge is 2.25. The van der Waals surface area contributed by atoms with Crippen LogP contribution in [-0.2, 0) is 0 Å². The summed E-state index contributed by atoms with van der Waals surface area (Å²) in [5, 5.41) is 4.60. The van der Waals surface area contributed by atoms with Gasteiger partial charge in [-0.05, 0) is 43.1 Å². The van der Waals surface area contributed by atoms with E-state index in [4.69, 9.17) is 12.2 Å². The molecule has 1 aliphatic carbocycles. The molecule has 1 aromatic carbocycles. The molecule has 1 aliphatic heterocycles. The van der Waals surface area contributed by atoms with E-state index in [1.54, 1.807) is 0 Å². The van der Waals surface area contributed by atoms with Gasteiger partial charge in [0.05, 0.1) is 0 Å². The largest absolute Gasteiger partial charge is 0.368 e. The Kier molecular flexibility index (Phi) is 5.19. The second-order valence-electron chi connectivity index (χ2n) is 6.63. The lowest BCUT2D eigenvalue weighted by atomic mass is 9.86. The summed E-state index contributed by atoms with van der Waals surface area (Å²) in [6.07, 6.45) is 5.32. The van der Waals surface area contributed by atoms with Gasteiger partial charge in [0.1, 0.15) is 0 Å². The number of anilines is 1. The molecule has 3 nitrogen and oxygen atoms in total. The van der Waals surface area contributed by atoms with E-state index in [-0.39, 0.29) is 0 Å². The van der Waals surface area contributed by atoms with E-state index in [0.717, 1.165) is 37.2 Å². The number of thiocarbonyl (C=S) groups is 1. The average Bonchev–Trinajstić information content (AvgIpc) is 2.58. The normalized spacial score (nSPS) is 25.9. The Labute approximate surface area is 139 Å². The smallest absolute Gasteiger partial charge is 0.169 e. The van der Waals surface area contributed by atoms with Crippen LogP contribution in [0.3, 0.4) is 0 Å². The van der Waals surface area contributed by atoms with Gasteiger partial charge < -0.3 is 15.1 Å². The lowest BCUT2D eigenvalue weighted by Gasteiger charge is -2.39. The molecular formula is C18H27N3S. The van der Waals surface area contributed by atoms with Crippen LogP contribution in [0, 0.1) is 5.92 Å². The van der Waals surface area contributed by atoms with E-state index in [1.165, 1.54) is 31.4 Å². The molecule has 1 heterocycles. The first-order valence-corrected chi connectivity index (χ1v) is 9.00. The van der Waals surface area contributed by atoms with Crippen molar-refractivity contribution in [3.63, 3.8) is 0 Å². The molecule has 2 fully saturated rings. The summed E-state index contributed by atoms with van der Waals surface area (Å²) in [6.45, 7) is 6.48. The van der Waals surface area contributed by atoms with Crippen molar-refractivity contribution in [2.75, 3.05) is 31.1 Å². The Hall–Kier alpha value is -1.29. The summed E-state index contributed by atoms with van der Waals surface area (Å²) in [6, 6.07) is 11.3. The molecule has 1 aromatic rings. The monoisotopic (exact) mass is 317 g/mol. The minimum atomic E-state index is 0.577. The molecule has 0 amide bonds. The van der Waals surface area contributed by atoms with Crippen molar-refractivity contribution in [2.24, 2.45) is 5.92 Å². The topological polar surface area (TPSA) is 18.5 Å². The van der Waals surface area contributed by atoms with Gasteiger partial charge in [-0.3, -0.25) is 0 Å². The van der Waals surface area contributed by atoms with Gasteiger partial charge >= 0.3 is 0 Å². The molecular weight excluding hydrogens is 290 g/mol. The van der Waals surface area contributed by atoms with Crippen molar-refractivity contribution in [1.29, 1.82) is 0 Å². The van der Waals surface area contributed by atoms with Crippen LogP contribution in [0.25, 0.3) is 0 Å². The quantitative estimate of drug-likeness (QED) is 0.844. The number of para-hydroxylation sites is 1. The van der Waals surface area contributed by atoms with Crippen LogP contribution in [-0.4, -0.2) is 42.2 Å². The number of hydrogen-bond acceptors (Lipinski definition) is 2. The van der Waals surface area contributed by atoms with Gasteiger partial charge in [0, 0.05) is 37.9 Å². The molecule has 0 spiro atoms. The van der Waals surface area contributed by atoms with Crippen molar-refractivity contribution >= 4 is 23.0 Å². The van der Waals surface area contributed by atoms with Gasteiger partial charge in [0.25, 0.3) is 0 Å². The van der Waals surface area contributed by atoms with Crippen LogP contribution >= 0.6 is 12.2 Å². The molecule has 0 radical (unpaired) electrons. The molecule has 4 heteroatoms. The number of nitrogens with zero attached hydrogens (tertiary/aromatic N) is 2. The summed E-state index contributed by atoms with van der Waals surface area (Å²) in [7, 11) is 0. The Balaban J connectivity index is 1.49. The van der Waals surface area contributed by atoms with Gasteiger partial charge in [-0.1, -0.05) is 38.0 Å². The zero-order valence-electron chi connectivity index (χ0n) is 13.5. The third-order valence-corrected chi connectivity index (χ3v) is 5.48. The summed E-state index contributed by atoms with van der Waals surface area (Å²) < 4.78 is 0. The third-order valence-electron chi connectivity index (χ3n) is 5.11. The van der Waals surface area contributed by atoms with Crippen molar-refractivity contribution in [1.82, 2.24) is 10.2 Å². The zero-order valence-corrected chi connectivity index (χ0v) is 14.3. The van der Waals surface area contributed by atoms with E-state index in [0.29, 0.717) is 6.04 Å². The maximum atomic E-state index is 5.66. The summed E-state index contributed by atoms with van der Waals surface area (Å²) in [5.41, 5.74) is 1.32. The number of rotatable bonds is 2. The van der Waals surface area contributed by atoms with Crippen molar-refractivity contribution in [3.05, 3.63) is 30.3 Å². The van der Waals surface area contributed by atoms with Crippen LogP contribution < -0.4 is 10.2 Å². The van der Waals surface area contributed by atoms with E-state index >= 15 is 0 Å². The fourth-order valence-corrected chi connectivity index (χ4v) is 3.92. The SMILES string of the molecule is C[C@H]1CCCC[C@@H]1NC(=S)N1CCN(c2ccccc2)CC1. The molecule has 22 heavy (non-hydrogen) atoms. The summed E-state index contributed by atoms with van der Waals surface area (Å²) in [4.78, 5) is 4.79. The van der Waals surface area contributed by atoms with Crippen molar-refractivity contribution < 1.29 is 0 Å². The lowest BCUT2D eigenvalue weighted by molar-refractivity contribution is 0.293. The first kappa shape index (κ1) is 15.6. The molecule has 3 rings (SSSR count). The van der Waals surface area contributed by atoms with E-state index in [9.17, 15) is 0 Å². The molecule has 1 saturated heterocycles. The zero-order chi connectivity index (χ0) is 15.4. The molecule has 0 unspecified atom stereocenters. The number of piperazine rings is 1. The fourth-order valence-electron chi connectivity index (χ4n) is 3.59. The maximum Gasteiger partial charge on any atom is 0.169 e. The van der Waals surface area contributed by atoms with E-state index in [2.05, 4.69) is 52.4 Å². The average molecular weight is 318 g/mol. The van der Waals surface area contributed by atoms with Crippen LogP contribution in [0.5, 0.6) is 0 Å². The Morgan fingerprint density at radius 2 is 1.73 bits per heavy atom. The Morgan fingerprint density at radius 1 is 1.05 bits per heavy atom. The van der Waals surface area contributed by atoms with Gasteiger partial charge in [-0.2, -0.15) is 0 Å². The van der Waals surface area contributed by atoms with E-state index < -0.39 is 0 Å². The fraction of sp³-hybridized carbons (Fsp3) is 0.611. The molecule has 2 atom stereocenters. The number of hydrogen-bond donors (Lipinski definition) is 1. The number of benzene rings is 1. The predicted octanol–water partition coefficient (Wildman–Crippen LogP) is 3.26. The molecule has 2 aliphatic rings. The van der Waals surface area contributed by atoms with Gasteiger partial charge in [-0.25, -0.2) is 0 Å². The highest BCUT2D eigenvalue weighted by Crippen LogP contribution is 2.24. The minimum absolute atomic E-state index is 0.577. The molecule has 1 saturated carbocycles. The standard InChI is InChI=1S/C18H27N3S/c1-15-7-5-6-10-17(15)19-18(22)21-13-11-20(12-14-21)16-8-3-2-4-9-16/h2-4,8-9,15,17H,5-7,10-14H2,1H3,(H,19,22)/t15-,17-/m0/s1. The van der Waals surface area contributed by atoms with E-state index in [1.807, 2.05) is 0 Å². The second-order valence-corrected chi connectivity index (χ2v) is 7.01. The first-order chi connectivity index (χ1) is 10.7. The highest BCUT2D eigenvalue weighted by molar-refractivity contribution is 7.80. The van der Waals surface area contributed by atoms with Crippen LogP contribution in [0.2, 0.25) is 0 Å². The summed E-state index contributed by atoms with van der Waals surface area (Å²) in [5.74, 6) is 0.748. The van der Waals surface area contributed by atoms with Gasteiger partial charge in [-0.15, -0.1) is 0 Å². The van der Waals surface area contributed by atoms with Crippen LogP contribution in [0.4, 0.5) is 5.69 Å². The Morgan fingerprint density at radius 3 is 2.41 bits per heavy atom. The van der Waals surface area contributed by atoms with Crippen molar-refractivity contribution in [3.8, 4) is 0 Å². The molecule has 0 aromatic heterocycles. The Bertz CT molecular complexity index is 482. The lowest BCUT2D eigenvalue weighted by Crippen LogP contribution is -2.54. The maximum absolute atomic E-state index is 5.66. The molecule has 1 N–H and O–H groups in total. The number of nitrogens with one attached hydrogen (secondary N) is 1.